The third-order valence-corrected chi connectivity index (χ3v) is 6.88. The van der Waals surface area contributed by atoms with Crippen molar-refractivity contribution in [1.29, 1.82) is 0 Å². The molecule has 0 radical (unpaired) electrons. The zero-order chi connectivity index (χ0) is 25.3. The third kappa shape index (κ3) is 5.48. The lowest BCUT2D eigenvalue weighted by Gasteiger charge is -2.25. The molecule has 2 aliphatic rings. The van der Waals surface area contributed by atoms with Crippen molar-refractivity contribution >= 4 is 23.7 Å². The van der Waals surface area contributed by atoms with Crippen LogP contribution in [0.1, 0.15) is 74.6 Å². The van der Waals surface area contributed by atoms with Crippen LogP contribution in [0.3, 0.4) is 0 Å². The minimum atomic E-state index is -1.26. The Hall–Kier alpha value is -3.53. The number of amides is 1. The molecule has 36 heavy (non-hydrogen) atoms. The van der Waals surface area contributed by atoms with E-state index in [-0.39, 0.29) is 17.7 Å². The van der Waals surface area contributed by atoms with Crippen LogP contribution in [0.4, 0.5) is 11.5 Å². The van der Waals surface area contributed by atoms with Crippen molar-refractivity contribution in [1.82, 2.24) is 19.7 Å². The highest BCUT2D eigenvalue weighted by atomic mass is 16.3. The van der Waals surface area contributed by atoms with E-state index in [1.807, 2.05) is 6.07 Å². The van der Waals surface area contributed by atoms with Crippen molar-refractivity contribution in [2.24, 2.45) is 11.8 Å². The predicted molar refractivity (Wildman–Crippen MR) is 133 cm³/mol. The Balaban J connectivity index is 1.31. The fourth-order valence-corrected chi connectivity index (χ4v) is 4.55. The molecule has 0 atom stereocenters. The summed E-state index contributed by atoms with van der Waals surface area (Å²) in [6.45, 7) is 4.15. The number of aromatic nitrogens is 4. The third-order valence-electron chi connectivity index (χ3n) is 6.88. The molecule has 3 aromatic rings. The summed E-state index contributed by atoms with van der Waals surface area (Å²) in [5.74, 6) is 1.42. The normalized spacial score (nSPS) is 20.2. The van der Waals surface area contributed by atoms with Gasteiger partial charge in [-0.2, -0.15) is 5.10 Å². The smallest absolute Gasteiger partial charge is 0.277 e. The van der Waals surface area contributed by atoms with Gasteiger partial charge in [-0.25, -0.2) is 9.97 Å². The Kier molecular flexibility index (Phi) is 6.61. The summed E-state index contributed by atoms with van der Waals surface area (Å²) >= 11 is 0. The average Bonchev–Trinajstić information content (AvgIpc) is 3.38. The zero-order valence-electron chi connectivity index (χ0n) is 20.6. The van der Waals surface area contributed by atoms with Gasteiger partial charge in [0.25, 0.3) is 5.91 Å². The number of hydrogen-bond donors (Lipinski definition) is 3. The Morgan fingerprint density at radius 3 is 2.72 bits per heavy atom. The van der Waals surface area contributed by atoms with E-state index in [4.69, 9.17) is 4.42 Å². The van der Waals surface area contributed by atoms with E-state index in [2.05, 4.69) is 25.7 Å². The SMILES string of the molecule is CC(C)(O)c1nn(C2CCC(C=O)CC2)cc1NC(=O)c1coc(-c2ccnc(NCC3CC3)c2)n1. The first kappa shape index (κ1) is 24.2. The minimum absolute atomic E-state index is 0.0940. The van der Waals surface area contributed by atoms with Gasteiger partial charge >= 0.3 is 0 Å². The average molecular weight is 493 g/mol. The van der Waals surface area contributed by atoms with Gasteiger partial charge in [0.05, 0.1) is 11.7 Å². The summed E-state index contributed by atoms with van der Waals surface area (Å²) in [5, 5.41) is 21.5. The maximum Gasteiger partial charge on any atom is 0.277 e. The van der Waals surface area contributed by atoms with Crippen molar-refractivity contribution in [3.63, 3.8) is 0 Å². The van der Waals surface area contributed by atoms with E-state index in [1.165, 1.54) is 19.1 Å². The van der Waals surface area contributed by atoms with Crippen LogP contribution in [-0.4, -0.2) is 43.6 Å². The van der Waals surface area contributed by atoms with Crippen LogP contribution >= 0.6 is 0 Å². The molecule has 0 aliphatic heterocycles. The van der Waals surface area contributed by atoms with E-state index < -0.39 is 11.5 Å². The molecule has 0 unspecified atom stereocenters. The molecular weight excluding hydrogens is 460 g/mol. The number of anilines is 2. The first-order valence-electron chi connectivity index (χ1n) is 12.5. The van der Waals surface area contributed by atoms with Gasteiger partial charge in [0.2, 0.25) is 5.89 Å². The summed E-state index contributed by atoms with van der Waals surface area (Å²) in [4.78, 5) is 32.8. The van der Waals surface area contributed by atoms with Crippen LogP contribution in [0, 0.1) is 11.8 Å². The molecule has 3 heterocycles. The van der Waals surface area contributed by atoms with E-state index in [1.54, 1.807) is 37.0 Å². The Morgan fingerprint density at radius 1 is 1.25 bits per heavy atom. The van der Waals surface area contributed by atoms with Gasteiger partial charge in [-0.1, -0.05) is 0 Å². The van der Waals surface area contributed by atoms with Crippen molar-refractivity contribution in [3.8, 4) is 11.5 Å². The van der Waals surface area contributed by atoms with Gasteiger partial charge in [0, 0.05) is 30.4 Å². The lowest BCUT2D eigenvalue weighted by molar-refractivity contribution is -0.112. The number of oxazole rings is 1. The zero-order valence-corrected chi connectivity index (χ0v) is 20.6. The molecule has 0 saturated heterocycles. The second-order valence-corrected chi connectivity index (χ2v) is 10.4. The minimum Gasteiger partial charge on any atom is -0.444 e. The van der Waals surface area contributed by atoms with Crippen molar-refractivity contribution in [2.75, 3.05) is 17.2 Å². The summed E-state index contributed by atoms with van der Waals surface area (Å²) in [7, 11) is 0. The second kappa shape index (κ2) is 9.85. The van der Waals surface area contributed by atoms with Crippen LogP contribution in [0.15, 0.2) is 35.2 Å². The Morgan fingerprint density at radius 2 is 2.03 bits per heavy atom. The quantitative estimate of drug-likeness (QED) is 0.379. The number of rotatable bonds is 9. The van der Waals surface area contributed by atoms with Gasteiger partial charge in [0.15, 0.2) is 5.69 Å². The van der Waals surface area contributed by atoms with Crippen LogP contribution in [0.2, 0.25) is 0 Å². The Labute approximate surface area is 209 Å². The number of carbonyl (C=O) groups is 2. The maximum atomic E-state index is 13.0. The lowest BCUT2D eigenvalue weighted by atomic mass is 9.87. The molecule has 5 rings (SSSR count). The number of nitrogens with one attached hydrogen (secondary N) is 2. The van der Waals surface area contributed by atoms with Gasteiger partial charge in [-0.3, -0.25) is 9.48 Å². The molecule has 2 saturated carbocycles. The summed E-state index contributed by atoms with van der Waals surface area (Å²) in [6, 6.07) is 3.75. The van der Waals surface area contributed by atoms with Crippen molar-refractivity contribution in [2.45, 2.75) is 64.0 Å². The van der Waals surface area contributed by atoms with Crippen molar-refractivity contribution in [3.05, 3.63) is 42.2 Å². The number of nitrogens with zero attached hydrogens (tertiary/aromatic N) is 4. The summed E-state index contributed by atoms with van der Waals surface area (Å²) < 4.78 is 7.39. The van der Waals surface area contributed by atoms with Crippen LogP contribution < -0.4 is 10.6 Å². The predicted octanol–water partition coefficient (Wildman–Crippen LogP) is 4.16. The fourth-order valence-electron chi connectivity index (χ4n) is 4.55. The molecule has 0 spiro atoms. The lowest BCUT2D eigenvalue weighted by Crippen LogP contribution is -2.22. The van der Waals surface area contributed by atoms with E-state index >= 15 is 0 Å². The molecule has 0 aromatic carbocycles. The molecule has 10 nitrogen and oxygen atoms in total. The first-order valence-corrected chi connectivity index (χ1v) is 12.5. The van der Waals surface area contributed by atoms with Gasteiger partial charge in [0.1, 0.15) is 29.7 Å². The number of carbonyl (C=O) groups excluding carboxylic acids is 2. The van der Waals surface area contributed by atoms with E-state index in [0.717, 1.165) is 55.8 Å². The largest absolute Gasteiger partial charge is 0.444 e. The number of aliphatic hydroxyl groups is 1. The topological polar surface area (TPSA) is 135 Å². The highest BCUT2D eigenvalue weighted by Gasteiger charge is 2.30. The highest BCUT2D eigenvalue weighted by Crippen LogP contribution is 2.34. The standard InChI is InChI=1S/C26H32N6O4/c1-26(2,35)23-20(13-32(31-23)19-7-5-17(14-33)6-8-19)29-24(34)21-15-36-25(30-21)18-9-10-27-22(11-18)28-12-16-3-4-16/h9-11,13-17,19,35H,3-8,12H2,1-2H3,(H,27,28)(H,29,34). The monoisotopic (exact) mass is 492 g/mol. The van der Waals surface area contributed by atoms with E-state index in [9.17, 15) is 14.7 Å². The highest BCUT2D eigenvalue weighted by molar-refractivity contribution is 6.03. The molecule has 0 bridgehead atoms. The number of hydrogen-bond acceptors (Lipinski definition) is 8. The van der Waals surface area contributed by atoms with Crippen LogP contribution in [0.25, 0.3) is 11.5 Å². The molecular formula is C26H32N6O4. The molecule has 3 N–H and O–H groups in total. The maximum absolute atomic E-state index is 13.0. The summed E-state index contributed by atoms with van der Waals surface area (Å²) in [5.41, 5.74) is 0.375. The van der Waals surface area contributed by atoms with Crippen LogP contribution in [0.5, 0.6) is 0 Å². The Bertz CT molecular complexity index is 1230. The van der Waals surface area contributed by atoms with Crippen molar-refractivity contribution < 1.29 is 19.1 Å². The van der Waals surface area contributed by atoms with Gasteiger partial charge < -0.3 is 25.0 Å². The molecule has 10 heteroatoms. The molecule has 3 aromatic heterocycles. The van der Waals surface area contributed by atoms with E-state index in [0.29, 0.717) is 17.3 Å². The first-order chi connectivity index (χ1) is 17.3. The second-order valence-electron chi connectivity index (χ2n) is 10.4. The molecule has 2 aliphatic carbocycles. The fraction of sp³-hybridized carbons (Fsp3) is 0.500. The molecule has 1 amide bonds. The number of pyridine rings is 1. The number of aldehydes is 1. The van der Waals surface area contributed by atoms with Gasteiger partial charge in [-0.05, 0) is 70.4 Å². The molecule has 2 fully saturated rings. The summed E-state index contributed by atoms with van der Waals surface area (Å²) in [6.07, 6.45) is 11.5. The van der Waals surface area contributed by atoms with Crippen LogP contribution in [-0.2, 0) is 10.4 Å². The van der Waals surface area contributed by atoms with Gasteiger partial charge in [-0.15, -0.1) is 0 Å². The molecule has 190 valence electrons.